The minimum absolute atomic E-state index is 0.0183. The summed E-state index contributed by atoms with van der Waals surface area (Å²) in [6.45, 7) is 3.56. The summed E-state index contributed by atoms with van der Waals surface area (Å²) >= 11 is 0. The van der Waals surface area contributed by atoms with E-state index in [0.29, 0.717) is 13.0 Å². The van der Waals surface area contributed by atoms with Gasteiger partial charge in [0.15, 0.2) is 6.29 Å². The highest BCUT2D eigenvalue weighted by molar-refractivity contribution is 7.80. The van der Waals surface area contributed by atoms with Crippen molar-refractivity contribution in [3.05, 3.63) is 109 Å². The molecule has 6 atom stereocenters. The van der Waals surface area contributed by atoms with Gasteiger partial charge >= 0.3 is 16.4 Å². The molecule has 1 aliphatic heterocycles. The van der Waals surface area contributed by atoms with E-state index in [0.717, 1.165) is 89.9 Å². The Morgan fingerprint density at radius 2 is 1.10 bits per heavy atom. The number of esters is 1. The van der Waals surface area contributed by atoms with Crippen LogP contribution in [0.25, 0.3) is 0 Å². The van der Waals surface area contributed by atoms with E-state index >= 15 is 0 Å². The molecule has 0 radical (unpaired) electrons. The van der Waals surface area contributed by atoms with Crippen LogP contribution in [0.3, 0.4) is 0 Å². The Kier molecular flexibility index (Phi) is 34.3. The number of hydrogen-bond donors (Lipinski definition) is 4. The molecule has 0 aliphatic carbocycles. The molecule has 0 spiro atoms. The minimum Gasteiger partial charge on any atom is -0.457 e. The van der Waals surface area contributed by atoms with E-state index in [4.69, 9.17) is 23.5 Å². The van der Waals surface area contributed by atoms with Gasteiger partial charge in [0.05, 0.1) is 19.8 Å². The molecule has 1 rings (SSSR count). The lowest BCUT2D eigenvalue weighted by molar-refractivity contribution is -0.301. The van der Waals surface area contributed by atoms with Crippen molar-refractivity contribution in [3.8, 4) is 0 Å². The predicted molar refractivity (Wildman–Crippen MR) is 238 cm³/mol. The summed E-state index contributed by atoms with van der Waals surface area (Å²) in [7, 11) is -5.08. The Hall–Kier alpha value is -3.24. The van der Waals surface area contributed by atoms with Crippen LogP contribution in [-0.4, -0.2) is 97.5 Å². The largest absolute Gasteiger partial charge is 0.457 e. The van der Waals surface area contributed by atoms with E-state index in [1.54, 1.807) is 0 Å². The highest BCUT2D eigenvalue weighted by Crippen LogP contribution is 2.26. The Morgan fingerprint density at radius 1 is 0.633 bits per heavy atom. The molecule has 6 unspecified atom stereocenters. The first kappa shape index (κ1) is 54.8. The fourth-order valence-corrected chi connectivity index (χ4v) is 6.22. The van der Waals surface area contributed by atoms with Crippen molar-refractivity contribution in [1.29, 1.82) is 0 Å². The van der Waals surface area contributed by atoms with Gasteiger partial charge in [-0.2, -0.15) is 8.42 Å². The second-order valence-electron chi connectivity index (χ2n) is 14.2. The van der Waals surface area contributed by atoms with Gasteiger partial charge in [0.25, 0.3) is 0 Å². The molecule has 0 amide bonds. The van der Waals surface area contributed by atoms with Crippen LogP contribution in [0.1, 0.15) is 117 Å². The number of aliphatic hydroxyl groups excluding tert-OH is 3. The van der Waals surface area contributed by atoms with Crippen molar-refractivity contribution in [2.45, 2.75) is 153 Å². The predicted octanol–water partition coefficient (Wildman–Crippen LogP) is 8.85. The van der Waals surface area contributed by atoms with E-state index in [2.05, 4.69) is 115 Å². The quantitative estimate of drug-likeness (QED) is 0.0206. The van der Waals surface area contributed by atoms with Crippen LogP contribution in [0.2, 0.25) is 0 Å². The first-order valence-electron chi connectivity index (χ1n) is 21.6. The second kappa shape index (κ2) is 37.5. The zero-order valence-corrected chi connectivity index (χ0v) is 36.8. The van der Waals surface area contributed by atoms with Gasteiger partial charge in [-0.25, -0.2) is 4.18 Å². The third kappa shape index (κ3) is 30.7. The molecule has 1 saturated heterocycles. The number of unbranched alkanes of at least 4 members (excludes halogenated alkanes) is 4. The molecule has 13 heteroatoms. The molecule has 4 N–H and O–H groups in total. The van der Waals surface area contributed by atoms with Gasteiger partial charge in [-0.15, -0.1) is 0 Å². The van der Waals surface area contributed by atoms with E-state index < -0.39 is 59.8 Å². The van der Waals surface area contributed by atoms with Crippen LogP contribution in [0.15, 0.2) is 109 Å². The maximum atomic E-state index is 12.8. The lowest BCUT2D eigenvalue weighted by Gasteiger charge is -2.41. The summed E-state index contributed by atoms with van der Waals surface area (Å²) < 4.78 is 58.8. The number of ether oxygens (including phenoxy) is 4. The zero-order chi connectivity index (χ0) is 43.9. The van der Waals surface area contributed by atoms with Gasteiger partial charge < -0.3 is 34.3 Å². The molecule has 1 aliphatic rings. The first-order valence-corrected chi connectivity index (χ1v) is 23.0. The number of allylic oxidation sites excluding steroid dienone is 18. The molecule has 340 valence electrons. The Morgan fingerprint density at radius 3 is 1.58 bits per heavy atom. The molecule has 0 aromatic rings. The lowest BCUT2D eigenvalue weighted by atomic mass is 9.99. The number of carbonyl (C=O) groups excluding carboxylic acids is 1. The summed E-state index contributed by atoms with van der Waals surface area (Å²) in [6, 6.07) is 0. The highest BCUT2D eigenvalue weighted by Gasteiger charge is 2.48. The van der Waals surface area contributed by atoms with Gasteiger partial charge in [0, 0.05) is 13.0 Å². The molecular weight excluding hydrogens is 789 g/mol. The van der Waals surface area contributed by atoms with Crippen LogP contribution < -0.4 is 0 Å². The Bertz CT molecular complexity index is 1460. The van der Waals surface area contributed by atoms with Crippen LogP contribution in [0.4, 0.5) is 0 Å². The van der Waals surface area contributed by atoms with Gasteiger partial charge in [-0.3, -0.25) is 9.35 Å². The monoisotopic (exact) mass is 862 g/mol. The molecule has 0 saturated carbocycles. The number of aliphatic hydroxyl groups is 3. The van der Waals surface area contributed by atoms with Crippen molar-refractivity contribution in [2.24, 2.45) is 0 Å². The van der Waals surface area contributed by atoms with Gasteiger partial charge in [-0.1, -0.05) is 136 Å². The Balaban J connectivity index is 2.51. The molecule has 1 fully saturated rings. The summed E-state index contributed by atoms with van der Waals surface area (Å²) in [6.07, 6.45) is 42.9. The summed E-state index contributed by atoms with van der Waals surface area (Å²) in [4.78, 5) is 12.8. The van der Waals surface area contributed by atoms with Crippen LogP contribution in [0, 0.1) is 0 Å². The van der Waals surface area contributed by atoms with Crippen LogP contribution in [-0.2, 0) is 38.3 Å². The van der Waals surface area contributed by atoms with E-state index in [1.807, 2.05) is 12.2 Å². The number of carbonyl (C=O) groups is 1. The maximum Gasteiger partial charge on any atom is 0.397 e. The summed E-state index contributed by atoms with van der Waals surface area (Å²) in [5.41, 5.74) is 0. The molecule has 60 heavy (non-hydrogen) atoms. The smallest absolute Gasteiger partial charge is 0.397 e. The molecule has 12 nitrogen and oxygen atoms in total. The summed E-state index contributed by atoms with van der Waals surface area (Å²) in [5, 5.41) is 30.6. The average Bonchev–Trinajstić information content (AvgIpc) is 3.22. The van der Waals surface area contributed by atoms with Crippen molar-refractivity contribution in [3.63, 3.8) is 0 Å². The molecule has 0 aromatic carbocycles. The van der Waals surface area contributed by atoms with Crippen molar-refractivity contribution in [1.82, 2.24) is 0 Å². The van der Waals surface area contributed by atoms with Gasteiger partial charge in [0.2, 0.25) is 0 Å². The maximum absolute atomic E-state index is 12.8. The van der Waals surface area contributed by atoms with Crippen LogP contribution >= 0.6 is 0 Å². The first-order chi connectivity index (χ1) is 29.1. The average molecular weight is 863 g/mol. The van der Waals surface area contributed by atoms with Gasteiger partial charge in [-0.05, 0) is 83.5 Å². The zero-order valence-electron chi connectivity index (χ0n) is 36.0. The second-order valence-corrected chi connectivity index (χ2v) is 15.2. The van der Waals surface area contributed by atoms with Crippen molar-refractivity contribution >= 4 is 16.4 Å². The van der Waals surface area contributed by atoms with Crippen molar-refractivity contribution in [2.75, 3.05) is 26.4 Å². The molecular formula is C47H74O12S. The van der Waals surface area contributed by atoms with Crippen LogP contribution in [0.5, 0.6) is 0 Å². The highest BCUT2D eigenvalue weighted by atomic mass is 32.3. The number of hydrogen-bond acceptors (Lipinski definition) is 11. The standard InChI is InChI=1S/C47H74O12S/c1-3-5-7-9-11-13-15-17-18-19-20-21-22-23-25-27-29-31-33-35-37-55-39-41(40-56-47-45(51)46(59-60(52,53)54)44(50)42(38-48)58-47)57-43(49)36-34-32-30-28-26-24-16-14-12-10-8-6-4-2/h5-8,11-14,17-18,20-21,23-26,30,32,41-42,44-48,50-51H,3-4,9-10,15-16,19,22,27-29,31,33-40H2,1-2H3,(H,52,53,54)/b7-5-,8-6-,13-11-,14-12-,18-17-,21-20-,25-23-,26-24-,32-30-. The third-order valence-electron chi connectivity index (χ3n) is 8.90. The van der Waals surface area contributed by atoms with E-state index in [1.165, 1.54) is 0 Å². The summed E-state index contributed by atoms with van der Waals surface area (Å²) in [5.74, 6) is -0.494. The molecule has 1 heterocycles. The third-order valence-corrected chi connectivity index (χ3v) is 9.37. The Labute approximate surface area is 360 Å². The topological polar surface area (TPSA) is 178 Å². The van der Waals surface area contributed by atoms with E-state index in [9.17, 15) is 28.5 Å². The van der Waals surface area contributed by atoms with Crippen molar-refractivity contribution < 1.29 is 56.2 Å². The fraction of sp³-hybridized carbons (Fsp3) is 0.596. The fourth-order valence-electron chi connectivity index (χ4n) is 5.71. The molecule has 0 aromatic heterocycles. The molecule has 0 bridgehead atoms. The SMILES string of the molecule is CC/C=C\C/C=C\C/C=C\C/C=C\C/C=C\CCCCCCOCC(COC1OC(CO)C(O)C(OS(=O)(=O)O)C1O)OC(=O)CC/C=C\C/C=C\C/C=C\C/C=C\CC. The minimum atomic E-state index is -5.08. The van der Waals surface area contributed by atoms with E-state index in [-0.39, 0.29) is 19.6 Å². The van der Waals surface area contributed by atoms with Gasteiger partial charge in [0.1, 0.15) is 30.5 Å². The number of rotatable bonds is 35. The normalized spacial score (nSPS) is 21.3. The lowest BCUT2D eigenvalue weighted by Crippen LogP contribution is -2.60.